The fourth-order valence-electron chi connectivity index (χ4n) is 1.04. The molecule has 0 spiro atoms. The van der Waals surface area contributed by atoms with Gasteiger partial charge in [-0.15, -0.1) is 0 Å². The Labute approximate surface area is 72.1 Å². The molecule has 0 aromatic rings. The van der Waals surface area contributed by atoms with Gasteiger partial charge in [0.05, 0.1) is 5.92 Å². The molecule has 0 heterocycles. The summed E-state index contributed by atoms with van der Waals surface area (Å²) in [5.41, 5.74) is -0.435. The molecule has 1 aliphatic rings. The number of carbonyl (C=O) groups is 2. The van der Waals surface area contributed by atoms with Gasteiger partial charge < -0.3 is 4.74 Å². The van der Waals surface area contributed by atoms with E-state index >= 15 is 0 Å². The molecule has 0 radical (unpaired) electrons. The molecule has 0 saturated heterocycles. The van der Waals surface area contributed by atoms with Crippen molar-refractivity contribution in [2.75, 3.05) is 0 Å². The maximum absolute atomic E-state index is 11.2. The number of ketones is 1. The zero-order valence-corrected chi connectivity index (χ0v) is 7.72. The van der Waals surface area contributed by atoms with E-state index in [0.29, 0.717) is 12.8 Å². The second-order valence-corrected chi connectivity index (χ2v) is 4.18. The highest BCUT2D eigenvalue weighted by molar-refractivity contribution is 5.94. The Morgan fingerprint density at radius 2 is 1.92 bits per heavy atom. The van der Waals surface area contributed by atoms with Gasteiger partial charge in [0.25, 0.3) is 0 Å². The predicted molar refractivity (Wildman–Crippen MR) is 43.6 cm³/mol. The van der Waals surface area contributed by atoms with Crippen LogP contribution in [-0.2, 0) is 14.3 Å². The molecular weight excluding hydrogens is 156 g/mol. The van der Waals surface area contributed by atoms with Gasteiger partial charge in [-0.2, -0.15) is 0 Å². The van der Waals surface area contributed by atoms with E-state index in [-0.39, 0.29) is 17.7 Å². The van der Waals surface area contributed by atoms with Crippen LogP contribution in [-0.4, -0.2) is 17.4 Å². The molecule has 1 fully saturated rings. The Balaban J connectivity index is 2.35. The minimum Gasteiger partial charge on any atom is -0.460 e. The molecule has 0 aliphatic heterocycles. The van der Waals surface area contributed by atoms with E-state index in [1.807, 2.05) is 20.8 Å². The first-order chi connectivity index (χ1) is 5.38. The first-order valence-corrected chi connectivity index (χ1v) is 4.13. The van der Waals surface area contributed by atoms with Crippen LogP contribution in [0.5, 0.6) is 0 Å². The zero-order valence-electron chi connectivity index (χ0n) is 7.72. The van der Waals surface area contributed by atoms with Gasteiger partial charge in [0.2, 0.25) is 0 Å². The van der Waals surface area contributed by atoms with Gasteiger partial charge in [-0.05, 0) is 20.8 Å². The second kappa shape index (κ2) is 2.88. The topological polar surface area (TPSA) is 43.4 Å². The molecule has 68 valence electrons. The molecule has 0 N–H and O–H groups in total. The monoisotopic (exact) mass is 170 g/mol. The molecule has 0 aromatic heterocycles. The highest BCUT2D eigenvalue weighted by Gasteiger charge is 2.35. The lowest BCUT2D eigenvalue weighted by atomic mass is 9.84. The predicted octanol–water partition coefficient (Wildman–Crippen LogP) is 1.31. The van der Waals surface area contributed by atoms with Crippen molar-refractivity contribution in [1.29, 1.82) is 0 Å². The molecule has 1 rings (SSSR count). The Hall–Kier alpha value is -0.860. The molecule has 0 unspecified atom stereocenters. The molecule has 0 atom stereocenters. The minimum atomic E-state index is -0.435. The molecule has 3 heteroatoms. The standard InChI is InChI=1S/C9H14O3/c1-9(2,3)12-8(11)6-4-7(10)5-6/h6H,4-5H2,1-3H3. The molecule has 1 aliphatic carbocycles. The number of Topliss-reactive ketones (excluding diaryl/α,β-unsaturated/α-hetero) is 1. The van der Waals surface area contributed by atoms with E-state index in [4.69, 9.17) is 4.74 Å². The summed E-state index contributed by atoms with van der Waals surface area (Å²) in [5, 5.41) is 0. The lowest BCUT2D eigenvalue weighted by Gasteiger charge is -2.27. The second-order valence-electron chi connectivity index (χ2n) is 4.18. The van der Waals surface area contributed by atoms with Gasteiger partial charge in [0, 0.05) is 12.8 Å². The van der Waals surface area contributed by atoms with Crippen LogP contribution in [0.1, 0.15) is 33.6 Å². The normalized spacial score (nSPS) is 18.8. The van der Waals surface area contributed by atoms with Crippen LogP contribution < -0.4 is 0 Å². The molecule has 1 saturated carbocycles. The van der Waals surface area contributed by atoms with Gasteiger partial charge >= 0.3 is 5.97 Å². The SMILES string of the molecule is CC(C)(C)OC(=O)C1CC(=O)C1. The van der Waals surface area contributed by atoms with Gasteiger partial charge in [0.15, 0.2) is 0 Å². The quantitative estimate of drug-likeness (QED) is 0.557. The number of hydrogen-bond donors (Lipinski definition) is 0. The third kappa shape index (κ3) is 2.32. The summed E-state index contributed by atoms with van der Waals surface area (Å²) in [6.07, 6.45) is 0.740. The van der Waals surface area contributed by atoms with Crippen molar-refractivity contribution >= 4 is 11.8 Å². The van der Waals surface area contributed by atoms with Gasteiger partial charge in [-0.25, -0.2) is 0 Å². The Morgan fingerprint density at radius 1 is 1.42 bits per heavy atom. The fraction of sp³-hybridized carbons (Fsp3) is 0.778. The molecule has 12 heavy (non-hydrogen) atoms. The maximum Gasteiger partial charge on any atom is 0.310 e. The van der Waals surface area contributed by atoms with Crippen molar-refractivity contribution in [3.63, 3.8) is 0 Å². The Morgan fingerprint density at radius 3 is 2.25 bits per heavy atom. The Bertz CT molecular complexity index is 204. The summed E-state index contributed by atoms with van der Waals surface area (Å²) < 4.78 is 5.10. The summed E-state index contributed by atoms with van der Waals surface area (Å²) >= 11 is 0. The average Bonchev–Trinajstić information content (AvgIpc) is 1.76. The van der Waals surface area contributed by atoms with Crippen molar-refractivity contribution < 1.29 is 14.3 Å². The van der Waals surface area contributed by atoms with Crippen LogP contribution in [0.15, 0.2) is 0 Å². The van der Waals surface area contributed by atoms with E-state index < -0.39 is 5.60 Å². The number of ether oxygens (including phenoxy) is 1. The number of esters is 1. The summed E-state index contributed by atoms with van der Waals surface area (Å²) in [7, 11) is 0. The molecular formula is C9H14O3. The first-order valence-electron chi connectivity index (χ1n) is 4.13. The fourth-order valence-corrected chi connectivity index (χ4v) is 1.04. The summed E-state index contributed by atoms with van der Waals surface area (Å²) in [4.78, 5) is 21.8. The van der Waals surface area contributed by atoms with Crippen molar-refractivity contribution in [3.8, 4) is 0 Å². The minimum absolute atomic E-state index is 0.158. The van der Waals surface area contributed by atoms with Crippen molar-refractivity contribution in [1.82, 2.24) is 0 Å². The number of carbonyl (C=O) groups excluding carboxylic acids is 2. The van der Waals surface area contributed by atoms with Crippen molar-refractivity contribution in [2.45, 2.75) is 39.2 Å². The lowest BCUT2D eigenvalue weighted by Crippen LogP contribution is -2.36. The van der Waals surface area contributed by atoms with E-state index in [2.05, 4.69) is 0 Å². The van der Waals surface area contributed by atoms with Crippen LogP contribution in [0.4, 0.5) is 0 Å². The summed E-state index contributed by atoms with van der Waals surface area (Å²) in [6.45, 7) is 5.47. The third-order valence-corrected chi connectivity index (χ3v) is 1.69. The van der Waals surface area contributed by atoms with Gasteiger partial charge in [-0.3, -0.25) is 9.59 Å². The first kappa shape index (κ1) is 9.23. The van der Waals surface area contributed by atoms with E-state index in [9.17, 15) is 9.59 Å². The van der Waals surface area contributed by atoms with Crippen LogP contribution in [0, 0.1) is 5.92 Å². The van der Waals surface area contributed by atoms with Gasteiger partial charge in [0.1, 0.15) is 11.4 Å². The van der Waals surface area contributed by atoms with Crippen LogP contribution in [0.25, 0.3) is 0 Å². The lowest BCUT2D eigenvalue weighted by molar-refractivity contribution is -0.165. The number of rotatable bonds is 1. The van der Waals surface area contributed by atoms with E-state index in [0.717, 1.165) is 0 Å². The molecule has 0 amide bonds. The highest BCUT2D eigenvalue weighted by atomic mass is 16.6. The van der Waals surface area contributed by atoms with Crippen LogP contribution in [0.2, 0.25) is 0 Å². The molecule has 0 bridgehead atoms. The van der Waals surface area contributed by atoms with E-state index in [1.165, 1.54) is 0 Å². The largest absolute Gasteiger partial charge is 0.460 e. The summed E-state index contributed by atoms with van der Waals surface area (Å²) in [5.74, 6) is -0.246. The Kier molecular flexibility index (Phi) is 2.22. The number of hydrogen-bond acceptors (Lipinski definition) is 3. The van der Waals surface area contributed by atoms with Gasteiger partial charge in [-0.1, -0.05) is 0 Å². The van der Waals surface area contributed by atoms with Crippen molar-refractivity contribution in [3.05, 3.63) is 0 Å². The zero-order chi connectivity index (χ0) is 9.35. The van der Waals surface area contributed by atoms with E-state index in [1.54, 1.807) is 0 Å². The molecule has 3 nitrogen and oxygen atoms in total. The highest BCUT2D eigenvalue weighted by Crippen LogP contribution is 2.25. The average molecular weight is 170 g/mol. The smallest absolute Gasteiger partial charge is 0.310 e. The van der Waals surface area contributed by atoms with Crippen LogP contribution >= 0.6 is 0 Å². The summed E-state index contributed by atoms with van der Waals surface area (Å²) in [6, 6.07) is 0. The van der Waals surface area contributed by atoms with Crippen molar-refractivity contribution in [2.24, 2.45) is 5.92 Å². The maximum atomic E-state index is 11.2. The third-order valence-electron chi connectivity index (χ3n) is 1.69. The van der Waals surface area contributed by atoms with Crippen LogP contribution in [0.3, 0.4) is 0 Å². The molecule has 0 aromatic carbocycles.